The summed E-state index contributed by atoms with van der Waals surface area (Å²) in [6.07, 6.45) is 1.58. The molecule has 5 N–H and O–H groups in total. The van der Waals surface area contributed by atoms with Crippen molar-refractivity contribution in [1.82, 2.24) is 15.2 Å². The van der Waals surface area contributed by atoms with E-state index in [1.807, 2.05) is 0 Å². The van der Waals surface area contributed by atoms with Gasteiger partial charge in [0.2, 0.25) is 0 Å². The van der Waals surface area contributed by atoms with Crippen LogP contribution < -0.4 is 11.5 Å². The number of primary amides is 1. The summed E-state index contributed by atoms with van der Waals surface area (Å²) in [5.41, 5.74) is 11.6. The molecule has 0 unspecified atom stereocenters. The third kappa shape index (κ3) is 2.83. The molecule has 2 heterocycles. The zero-order valence-corrected chi connectivity index (χ0v) is 9.98. The minimum Gasteiger partial charge on any atom is -0.389 e. The highest BCUT2D eigenvalue weighted by molar-refractivity contribution is 7.13. The van der Waals surface area contributed by atoms with Crippen LogP contribution >= 0.6 is 11.3 Å². The van der Waals surface area contributed by atoms with Gasteiger partial charge in [-0.2, -0.15) is 5.10 Å². The largest absolute Gasteiger partial charge is 0.389 e. The third-order valence-electron chi connectivity index (χ3n) is 1.93. The second kappa shape index (κ2) is 5.27. The lowest BCUT2D eigenvalue weighted by atomic mass is 10.3. The van der Waals surface area contributed by atoms with E-state index in [9.17, 15) is 4.79 Å². The molecule has 94 valence electrons. The van der Waals surface area contributed by atoms with Crippen molar-refractivity contribution >= 4 is 28.1 Å². The molecule has 9 heteroatoms. The zero-order chi connectivity index (χ0) is 13.0. The summed E-state index contributed by atoms with van der Waals surface area (Å²) in [5, 5.41) is 12.0. The van der Waals surface area contributed by atoms with E-state index >= 15 is 0 Å². The quantitative estimate of drug-likeness (QED) is 0.511. The summed E-state index contributed by atoms with van der Waals surface area (Å²) in [4.78, 5) is 20.1. The van der Waals surface area contributed by atoms with Gasteiger partial charge in [-0.25, -0.2) is 4.98 Å². The van der Waals surface area contributed by atoms with Crippen LogP contribution in [-0.4, -0.2) is 26.8 Å². The van der Waals surface area contributed by atoms with E-state index < -0.39 is 5.91 Å². The molecule has 0 aliphatic carbocycles. The van der Waals surface area contributed by atoms with E-state index in [-0.39, 0.29) is 12.3 Å². The summed E-state index contributed by atoms with van der Waals surface area (Å²) in [6, 6.07) is 1.72. The first kappa shape index (κ1) is 12.0. The molecular formula is C9H10N6O2S. The number of hydrogen-bond donors (Lipinski definition) is 3. The summed E-state index contributed by atoms with van der Waals surface area (Å²) in [5.74, 6) is -0.732. The Hall–Kier alpha value is -2.42. The molecule has 2 aromatic rings. The van der Waals surface area contributed by atoms with Gasteiger partial charge >= 0.3 is 0 Å². The Kier molecular flexibility index (Phi) is 3.53. The van der Waals surface area contributed by atoms with Crippen LogP contribution in [-0.2, 0) is 16.2 Å². The first-order valence-electron chi connectivity index (χ1n) is 4.86. The Morgan fingerprint density at radius 1 is 1.61 bits per heavy atom. The lowest BCUT2D eigenvalue weighted by Gasteiger charge is -1.99. The van der Waals surface area contributed by atoms with E-state index in [1.54, 1.807) is 17.6 Å². The van der Waals surface area contributed by atoms with Crippen molar-refractivity contribution < 1.29 is 9.63 Å². The summed E-state index contributed by atoms with van der Waals surface area (Å²) in [7, 11) is 0. The maximum atomic E-state index is 11.2. The van der Waals surface area contributed by atoms with E-state index in [2.05, 4.69) is 20.3 Å². The second-order valence-electron chi connectivity index (χ2n) is 3.23. The summed E-state index contributed by atoms with van der Waals surface area (Å²) in [6.45, 7) is 0.149. The van der Waals surface area contributed by atoms with Crippen molar-refractivity contribution in [2.24, 2.45) is 10.9 Å². The van der Waals surface area contributed by atoms with Crippen LogP contribution in [0, 0.1) is 0 Å². The molecule has 1 amide bonds. The highest BCUT2D eigenvalue weighted by Gasteiger charge is 2.14. The Morgan fingerprint density at radius 2 is 2.44 bits per heavy atom. The molecule has 0 spiro atoms. The molecule has 0 radical (unpaired) electrons. The molecular weight excluding hydrogens is 256 g/mol. The number of H-pyrrole nitrogens is 1. The fraction of sp³-hybridized carbons (Fsp3) is 0.111. The molecule has 2 aromatic heterocycles. The number of nitrogens with two attached hydrogens (primary N) is 2. The van der Waals surface area contributed by atoms with Gasteiger partial charge in [-0.15, -0.1) is 11.3 Å². The van der Waals surface area contributed by atoms with Crippen molar-refractivity contribution in [1.29, 1.82) is 0 Å². The smallest absolute Gasteiger partial charge is 0.273 e. The number of thiazole rings is 1. The zero-order valence-electron chi connectivity index (χ0n) is 9.16. The Balaban J connectivity index is 2.08. The highest BCUT2D eigenvalue weighted by Crippen LogP contribution is 2.12. The van der Waals surface area contributed by atoms with Crippen LogP contribution in [0.2, 0.25) is 0 Å². The predicted molar refractivity (Wildman–Crippen MR) is 65.6 cm³/mol. The molecule has 0 bridgehead atoms. The average molecular weight is 266 g/mol. The first-order chi connectivity index (χ1) is 8.66. The van der Waals surface area contributed by atoms with E-state index in [0.29, 0.717) is 10.8 Å². The van der Waals surface area contributed by atoms with Gasteiger partial charge < -0.3 is 16.3 Å². The molecule has 0 aliphatic heterocycles. The number of aromatic nitrogens is 3. The number of carbonyl (C=O) groups is 1. The van der Waals surface area contributed by atoms with Crippen LogP contribution in [0.5, 0.6) is 0 Å². The van der Waals surface area contributed by atoms with Crippen molar-refractivity contribution in [3.63, 3.8) is 0 Å². The SMILES string of the molecule is NC(=O)C(=NOCc1ccn[nH]1)c1csc(N)n1. The number of nitrogens with zero attached hydrogens (tertiary/aromatic N) is 3. The molecule has 18 heavy (non-hydrogen) atoms. The molecule has 0 fully saturated rings. The van der Waals surface area contributed by atoms with Crippen molar-refractivity contribution in [3.8, 4) is 0 Å². The number of nitrogens with one attached hydrogen (secondary N) is 1. The fourth-order valence-electron chi connectivity index (χ4n) is 1.15. The Bertz CT molecular complexity index is 561. The molecule has 0 aliphatic rings. The van der Waals surface area contributed by atoms with Gasteiger partial charge in [0.05, 0.1) is 5.69 Å². The number of hydrogen-bond acceptors (Lipinski definition) is 7. The minimum atomic E-state index is -0.732. The van der Waals surface area contributed by atoms with Gasteiger partial charge in [0.25, 0.3) is 5.91 Å². The number of anilines is 1. The van der Waals surface area contributed by atoms with Crippen LogP contribution in [0.3, 0.4) is 0 Å². The fourth-order valence-corrected chi connectivity index (χ4v) is 1.69. The van der Waals surface area contributed by atoms with E-state index in [0.717, 1.165) is 5.69 Å². The van der Waals surface area contributed by atoms with Crippen LogP contribution in [0.15, 0.2) is 22.8 Å². The number of carbonyl (C=O) groups excluding carboxylic acids is 1. The van der Waals surface area contributed by atoms with Gasteiger partial charge in [-0.3, -0.25) is 9.89 Å². The van der Waals surface area contributed by atoms with Gasteiger partial charge in [-0.1, -0.05) is 5.16 Å². The van der Waals surface area contributed by atoms with Crippen LogP contribution in [0.4, 0.5) is 5.13 Å². The summed E-state index contributed by atoms with van der Waals surface area (Å²) >= 11 is 1.19. The topological polar surface area (TPSA) is 132 Å². The number of nitrogen functional groups attached to an aromatic ring is 1. The second-order valence-corrected chi connectivity index (χ2v) is 4.12. The van der Waals surface area contributed by atoms with Gasteiger partial charge in [-0.05, 0) is 6.07 Å². The van der Waals surface area contributed by atoms with Crippen molar-refractivity contribution in [2.75, 3.05) is 5.73 Å². The molecule has 8 nitrogen and oxygen atoms in total. The summed E-state index contributed by atoms with van der Waals surface area (Å²) < 4.78 is 0. The monoisotopic (exact) mass is 266 g/mol. The Labute approximate surface area is 106 Å². The number of aromatic amines is 1. The molecule has 0 saturated carbocycles. The maximum absolute atomic E-state index is 11.2. The molecule has 0 saturated heterocycles. The maximum Gasteiger partial charge on any atom is 0.273 e. The number of rotatable bonds is 5. The standard InChI is InChI=1S/C9H10N6O2S/c10-8(16)7(6-4-18-9(11)13-6)15-17-3-5-1-2-12-14-5/h1-2,4H,3H2,(H2,10,16)(H2,11,13)(H,12,14). The number of amides is 1. The molecule has 0 atom stereocenters. The van der Waals surface area contributed by atoms with Gasteiger partial charge in [0.15, 0.2) is 17.5 Å². The van der Waals surface area contributed by atoms with E-state index in [4.69, 9.17) is 16.3 Å². The third-order valence-corrected chi connectivity index (χ3v) is 2.61. The van der Waals surface area contributed by atoms with Crippen LogP contribution in [0.1, 0.15) is 11.4 Å². The normalized spacial score (nSPS) is 11.4. The van der Waals surface area contributed by atoms with Gasteiger partial charge in [0.1, 0.15) is 5.69 Å². The van der Waals surface area contributed by atoms with Crippen molar-refractivity contribution in [2.45, 2.75) is 6.61 Å². The van der Waals surface area contributed by atoms with E-state index in [1.165, 1.54) is 11.3 Å². The predicted octanol–water partition coefficient (Wildman–Crippen LogP) is -0.145. The Morgan fingerprint density at radius 3 is 3.00 bits per heavy atom. The lowest BCUT2D eigenvalue weighted by Crippen LogP contribution is -2.25. The molecule has 2 rings (SSSR count). The average Bonchev–Trinajstić information content (AvgIpc) is 2.95. The molecule has 0 aromatic carbocycles. The van der Waals surface area contributed by atoms with Gasteiger partial charge in [0, 0.05) is 11.6 Å². The van der Waals surface area contributed by atoms with Crippen LogP contribution in [0.25, 0.3) is 0 Å². The lowest BCUT2D eigenvalue weighted by molar-refractivity contribution is -0.112. The van der Waals surface area contributed by atoms with Crippen molar-refractivity contribution in [3.05, 3.63) is 29.0 Å². The minimum absolute atomic E-state index is 0.0672. The number of oxime groups is 1. The first-order valence-corrected chi connectivity index (χ1v) is 5.74. The highest BCUT2D eigenvalue weighted by atomic mass is 32.1.